The van der Waals surface area contributed by atoms with Gasteiger partial charge in [0.2, 0.25) is 0 Å². The van der Waals surface area contributed by atoms with Gasteiger partial charge in [-0.1, -0.05) is 6.07 Å². The molecular formula is C19H18N8O2. The molecule has 3 aromatic heterocycles. The highest BCUT2D eigenvalue weighted by atomic mass is 16.3. The number of rotatable bonds is 7. The second kappa shape index (κ2) is 8.30. The van der Waals surface area contributed by atoms with Gasteiger partial charge in [0.15, 0.2) is 18.0 Å². The maximum atomic E-state index is 12.3. The standard InChI is InChI=1S/C19H18N8O2/c1-27-17(25-26-18(27)16-5-6-20-11-23-16)9-21-14-4-2-3-13(7-14)19(28)22-8-15-10-29-12-24-15/h2-7,10-12,21H,8-9H2,1H3,(H,22,28). The molecule has 1 amide bonds. The fourth-order valence-electron chi connectivity index (χ4n) is 2.71. The fraction of sp³-hybridized carbons (Fsp3) is 0.158. The quantitative estimate of drug-likeness (QED) is 0.490. The number of benzene rings is 1. The summed E-state index contributed by atoms with van der Waals surface area (Å²) in [6, 6.07) is 9.01. The topological polar surface area (TPSA) is 124 Å². The molecule has 146 valence electrons. The molecule has 0 fully saturated rings. The van der Waals surface area contributed by atoms with Gasteiger partial charge in [0.25, 0.3) is 5.91 Å². The molecule has 0 spiro atoms. The molecule has 1 aromatic carbocycles. The zero-order valence-electron chi connectivity index (χ0n) is 15.6. The van der Waals surface area contributed by atoms with Crippen molar-refractivity contribution in [3.05, 3.63) is 72.6 Å². The van der Waals surface area contributed by atoms with Crippen LogP contribution in [-0.2, 0) is 20.1 Å². The van der Waals surface area contributed by atoms with Crippen LogP contribution in [0.3, 0.4) is 0 Å². The number of oxazole rings is 1. The Kier molecular flexibility index (Phi) is 5.23. The Morgan fingerprint density at radius 2 is 2.10 bits per heavy atom. The van der Waals surface area contributed by atoms with Gasteiger partial charge in [-0.3, -0.25) is 4.79 Å². The smallest absolute Gasteiger partial charge is 0.251 e. The van der Waals surface area contributed by atoms with Crippen molar-refractivity contribution in [3.8, 4) is 11.5 Å². The average Bonchev–Trinajstić information content (AvgIpc) is 3.41. The average molecular weight is 390 g/mol. The van der Waals surface area contributed by atoms with Crippen LogP contribution in [0.5, 0.6) is 0 Å². The van der Waals surface area contributed by atoms with E-state index < -0.39 is 0 Å². The summed E-state index contributed by atoms with van der Waals surface area (Å²) in [5.41, 5.74) is 2.70. The summed E-state index contributed by atoms with van der Waals surface area (Å²) >= 11 is 0. The number of amides is 1. The lowest BCUT2D eigenvalue weighted by Crippen LogP contribution is -2.23. The highest BCUT2D eigenvalue weighted by molar-refractivity contribution is 5.95. The van der Waals surface area contributed by atoms with Gasteiger partial charge in [-0.25, -0.2) is 15.0 Å². The molecular weight excluding hydrogens is 372 g/mol. The van der Waals surface area contributed by atoms with Crippen LogP contribution < -0.4 is 10.6 Å². The number of hydrogen-bond donors (Lipinski definition) is 2. The fourth-order valence-corrected chi connectivity index (χ4v) is 2.71. The molecule has 0 unspecified atom stereocenters. The Bertz CT molecular complexity index is 1090. The van der Waals surface area contributed by atoms with Gasteiger partial charge in [-0.2, -0.15) is 0 Å². The van der Waals surface area contributed by atoms with Crippen LogP contribution in [0.25, 0.3) is 11.5 Å². The number of hydrogen-bond acceptors (Lipinski definition) is 8. The molecule has 0 aliphatic heterocycles. The van der Waals surface area contributed by atoms with E-state index in [-0.39, 0.29) is 5.91 Å². The van der Waals surface area contributed by atoms with E-state index >= 15 is 0 Å². The first-order chi connectivity index (χ1) is 14.2. The highest BCUT2D eigenvalue weighted by Crippen LogP contribution is 2.15. The molecule has 10 nitrogen and oxygen atoms in total. The van der Waals surface area contributed by atoms with E-state index in [2.05, 4.69) is 35.8 Å². The zero-order valence-corrected chi connectivity index (χ0v) is 15.6. The second-order valence-electron chi connectivity index (χ2n) is 6.19. The monoisotopic (exact) mass is 390 g/mol. The van der Waals surface area contributed by atoms with E-state index in [4.69, 9.17) is 4.42 Å². The lowest BCUT2D eigenvalue weighted by Gasteiger charge is -2.09. The van der Waals surface area contributed by atoms with Crippen molar-refractivity contribution in [2.75, 3.05) is 5.32 Å². The molecule has 0 aliphatic carbocycles. The Morgan fingerprint density at radius 3 is 2.90 bits per heavy atom. The summed E-state index contributed by atoms with van der Waals surface area (Å²) in [7, 11) is 1.88. The van der Waals surface area contributed by atoms with E-state index in [1.165, 1.54) is 19.0 Å². The Hall–Kier alpha value is -4.08. The minimum atomic E-state index is -0.193. The third kappa shape index (κ3) is 4.26. The van der Waals surface area contributed by atoms with E-state index in [1.54, 1.807) is 24.4 Å². The van der Waals surface area contributed by atoms with Crippen molar-refractivity contribution in [3.63, 3.8) is 0 Å². The Morgan fingerprint density at radius 1 is 1.17 bits per heavy atom. The van der Waals surface area contributed by atoms with Gasteiger partial charge in [-0.05, 0) is 24.3 Å². The predicted molar refractivity (Wildman–Crippen MR) is 103 cm³/mol. The van der Waals surface area contributed by atoms with E-state index in [9.17, 15) is 4.79 Å². The van der Waals surface area contributed by atoms with Crippen molar-refractivity contribution < 1.29 is 9.21 Å². The van der Waals surface area contributed by atoms with Crippen LogP contribution in [0.15, 0.2) is 59.9 Å². The van der Waals surface area contributed by atoms with Gasteiger partial charge in [-0.15, -0.1) is 10.2 Å². The van der Waals surface area contributed by atoms with E-state index in [0.717, 1.165) is 11.5 Å². The molecule has 2 N–H and O–H groups in total. The maximum absolute atomic E-state index is 12.3. The van der Waals surface area contributed by atoms with Gasteiger partial charge in [0.05, 0.1) is 18.8 Å². The number of carbonyl (C=O) groups is 1. The van der Waals surface area contributed by atoms with Gasteiger partial charge in [0, 0.05) is 24.5 Å². The molecule has 3 heterocycles. The summed E-state index contributed by atoms with van der Waals surface area (Å²) < 4.78 is 6.76. The Balaban J connectivity index is 1.40. The summed E-state index contributed by atoms with van der Waals surface area (Å²) in [5, 5.41) is 14.5. The van der Waals surface area contributed by atoms with Crippen LogP contribution in [0.1, 0.15) is 21.9 Å². The van der Waals surface area contributed by atoms with E-state index in [1.807, 2.05) is 23.7 Å². The third-order valence-corrected chi connectivity index (χ3v) is 4.27. The van der Waals surface area contributed by atoms with Gasteiger partial charge in [0.1, 0.15) is 18.3 Å². The van der Waals surface area contributed by atoms with Crippen LogP contribution in [0.2, 0.25) is 0 Å². The first kappa shape index (κ1) is 18.3. The first-order valence-corrected chi connectivity index (χ1v) is 8.84. The molecule has 0 radical (unpaired) electrons. The predicted octanol–water partition coefficient (Wildman–Crippen LogP) is 1.80. The Labute approximate surface area is 166 Å². The van der Waals surface area contributed by atoms with Crippen LogP contribution in [0, 0.1) is 0 Å². The summed E-state index contributed by atoms with van der Waals surface area (Å²) in [6.07, 6.45) is 5.96. The molecule has 0 saturated heterocycles. The molecule has 4 aromatic rings. The number of carbonyl (C=O) groups excluding carboxylic acids is 1. The molecule has 10 heteroatoms. The second-order valence-corrected chi connectivity index (χ2v) is 6.19. The maximum Gasteiger partial charge on any atom is 0.251 e. The normalized spacial score (nSPS) is 10.7. The highest BCUT2D eigenvalue weighted by Gasteiger charge is 2.12. The summed E-state index contributed by atoms with van der Waals surface area (Å²) in [6.45, 7) is 0.746. The molecule has 0 aliphatic rings. The summed E-state index contributed by atoms with van der Waals surface area (Å²) in [4.78, 5) is 24.4. The van der Waals surface area contributed by atoms with Gasteiger partial charge >= 0.3 is 0 Å². The van der Waals surface area contributed by atoms with Gasteiger partial charge < -0.3 is 19.6 Å². The van der Waals surface area contributed by atoms with Crippen molar-refractivity contribution in [2.45, 2.75) is 13.1 Å². The molecule has 0 bridgehead atoms. The SMILES string of the molecule is Cn1c(CNc2cccc(C(=O)NCc3cocn3)c2)nnc1-c1ccncn1. The zero-order chi connectivity index (χ0) is 20.1. The molecule has 4 rings (SSSR count). The lowest BCUT2D eigenvalue weighted by atomic mass is 10.2. The van der Waals surface area contributed by atoms with Crippen molar-refractivity contribution >= 4 is 11.6 Å². The molecule has 29 heavy (non-hydrogen) atoms. The number of anilines is 1. The lowest BCUT2D eigenvalue weighted by molar-refractivity contribution is 0.0950. The number of aromatic nitrogens is 6. The minimum absolute atomic E-state index is 0.193. The third-order valence-electron chi connectivity index (χ3n) is 4.27. The largest absolute Gasteiger partial charge is 0.451 e. The molecule has 0 saturated carbocycles. The summed E-state index contributed by atoms with van der Waals surface area (Å²) in [5.74, 6) is 1.20. The van der Waals surface area contributed by atoms with Crippen molar-refractivity contribution in [1.29, 1.82) is 0 Å². The van der Waals surface area contributed by atoms with E-state index in [0.29, 0.717) is 35.9 Å². The van der Waals surface area contributed by atoms with Crippen LogP contribution >= 0.6 is 0 Å². The van der Waals surface area contributed by atoms with Crippen molar-refractivity contribution in [1.82, 2.24) is 35.0 Å². The van der Waals surface area contributed by atoms with Crippen LogP contribution in [0.4, 0.5) is 5.69 Å². The van der Waals surface area contributed by atoms with Crippen LogP contribution in [-0.4, -0.2) is 35.6 Å². The number of nitrogens with one attached hydrogen (secondary N) is 2. The first-order valence-electron chi connectivity index (χ1n) is 8.84. The van der Waals surface area contributed by atoms with Crippen molar-refractivity contribution in [2.24, 2.45) is 7.05 Å². The number of nitrogens with zero attached hydrogens (tertiary/aromatic N) is 6. The molecule has 0 atom stereocenters. The minimum Gasteiger partial charge on any atom is -0.451 e.